The predicted molar refractivity (Wildman–Crippen MR) is 225 cm³/mol. The summed E-state index contributed by atoms with van der Waals surface area (Å²) in [5, 5.41) is 6.26. The van der Waals surface area contributed by atoms with Crippen molar-refractivity contribution in [3.63, 3.8) is 0 Å². The van der Waals surface area contributed by atoms with Crippen LogP contribution >= 0.6 is 0 Å². The number of carbonyl (C=O) groups is 6. The van der Waals surface area contributed by atoms with Crippen molar-refractivity contribution < 1.29 is 38.2 Å². The van der Waals surface area contributed by atoms with Crippen LogP contribution in [-0.2, 0) is 38.2 Å². The number of amides is 3. The lowest BCUT2D eigenvalue weighted by Crippen LogP contribution is -2.41. The van der Waals surface area contributed by atoms with Crippen LogP contribution in [0.25, 0.3) is 0 Å². The van der Waals surface area contributed by atoms with Gasteiger partial charge in [-0.15, -0.1) is 18.3 Å². The third-order valence-corrected chi connectivity index (χ3v) is 11.3. The molecule has 58 heavy (non-hydrogen) atoms. The predicted octanol–water partition coefficient (Wildman–Crippen LogP) is 6.35. The molecule has 7 atom stereocenters. The molecule has 3 fully saturated rings. The average Bonchev–Trinajstić information content (AvgIpc) is 3.72. The zero-order valence-corrected chi connectivity index (χ0v) is 35.1. The van der Waals surface area contributed by atoms with E-state index in [0.717, 1.165) is 76.1 Å². The van der Waals surface area contributed by atoms with Crippen LogP contribution in [0, 0.1) is 47.9 Å². The molecular weight excluding hydrogens is 735 g/mol. The molecule has 0 spiro atoms. The van der Waals surface area contributed by atoms with Crippen molar-refractivity contribution in [1.29, 1.82) is 0 Å². The van der Waals surface area contributed by atoms with Crippen molar-refractivity contribution in [3.05, 3.63) is 36.0 Å². The van der Waals surface area contributed by atoms with Gasteiger partial charge in [0.15, 0.2) is 0 Å². The SMILES string of the molecule is C#C/C=C\C=C(\CCCC=O)CO[C@@H]1CC(/C=C/CC(C)CC#CC)[C@H](OC(=O)C2CCCCC2C(=O)NCCCCCCNC2CC(=O)N(CCC(C)=O)C2=O)C1. The molecule has 0 aromatic heterocycles. The van der Waals surface area contributed by atoms with Crippen molar-refractivity contribution in [3.8, 4) is 24.2 Å². The van der Waals surface area contributed by atoms with E-state index in [9.17, 15) is 28.8 Å². The Morgan fingerprint density at radius 1 is 1.02 bits per heavy atom. The van der Waals surface area contributed by atoms with E-state index in [2.05, 4.69) is 47.5 Å². The number of nitrogens with zero attached hydrogens (tertiary/aromatic N) is 1. The fourth-order valence-electron chi connectivity index (χ4n) is 7.92. The number of terminal acetylenes is 1. The molecule has 3 rings (SSSR count). The number of hydrogen-bond acceptors (Lipinski definition) is 9. The Bertz CT molecular complexity index is 1560. The lowest BCUT2D eigenvalue weighted by molar-refractivity contribution is -0.161. The van der Waals surface area contributed by atoms with Gasteiger partial charge >= 0.3 is 5.97 Å². The molecule has 11 nitrogen and oxygen atoms in total. The van der Waals surface area contributed by atoms with Gasteiger partial charge in [-0.1, -0.05) is 62.8 Å². The number of ether oxygens (including phenoxy) is 2. The summed E-state index contributed by atoms with van der Waals surface area (Å²) in [6, 6.07) is -0.534. The summed E-state index contributed by atoms with van der Waals surface area (Å²) in [5.74, 6) is 7.13. The Kier molecular flexibility index (Phi) is 22.7. The lowest BCUT2D eigenvalue weighted by atomic mass is 9.78. The fraction of sp³-hybridized carbons (Fsp3) is 0.660. The second-order valence-corrected chi connectivity index (χ2v) is 16.1. The maximum atomic E-state index is 13.9. The Hall–Kier alpha value is -4.32. The van der Waals surface area contributed by atoms with Gasteiger partial charge < -0.3 is 24.9 Å². The first-order chi connectivity index (χ1) is 28.1. The Balaban J connectivity index is 1.49. The van der Waals surface area contributed by atoms with E-state index in [1.54, 1.807) is 6.08 Å². The molecule has 0 aromatic carbocycles. The maximum Gasteiger partial charge on any atom is 0.310 e. The van der Waals surface area contributed by atoms with Gasteiger partial charge in [0.2, 0.25) is 17.7 Å². The molecule has 1 saturated heterocycles. The maximum absolute atomic E-state index is 13.9. The normalized spacial score (nSPS) is 24.1. The molecule has 11 heteroatoms. The number of unbranched alkanes of at least 4 members (excludes halogenated alkanes) is 4. The molecule has 0 radical (unpaired) electrons. The van der Waals surface area contributed by atoms with Gasteiger partial charge in [0.05, 0.1) is 37.0 Å². The van der Waals surface area contributed by atoms with E-state index in [-0.39, 0.29) is 67.0 Å². The highest BCUT2D eigenvalue weighted by molar-refractivity contribution is 6.05. The molecule has 0 aromatic rings. The topological polar surface area (TPSA) is 148 Å². The summed E-state index contributed by atoms with van der Waals surface area (Å²) in [7, 11) is 0. The van der Waals surface area contributed by atoms with Gasteiger partial charge in [0.25, 0.3) is 0 Å². The van der Waals surface area contributed by atoms with Crippen molar-refractivity contribution in [2.75, 3.05) is 26.2 Å². The molecule has 1 heterocycles. The smallest absolute Gasteiger partial charge is 0.310 e. The summed E-state index contributed by atoms with van der Waals surface area (Å²) in [6.45, 7) is 7.13. The van der Waals surface area contributed by atoms with Crippen LogP contribution < -0.4 is 10.6 Å². The summed E-state index contributed by atoms with van der Waals surface area (Å²) >= 11 is 0. The van der Waals surface area contributed by atoms with Gasteiger partial charge in [0, 0.05) is 44.7 Å². The number of aldehydes is 1. The number of ketones is 1. The molecule has 3 amide bonds. The highest BCUT2D eigenvalue weighted by Crippen LogP contribution is 2.36. The number of imide groups is 1. The third-order valence-electron chi connectivity index (χ3n) is 11.3. The van der Waals surface area contributed by atoms with E-state index in [1.807, 2.05) is 19.1 Å². The van der Waals surface area contributed by atoms with Gasteiger partial charge in [-0.3, -0.25) is 28.9 Å². The molecule has 5 unspecified atom stereocenters. The minimum Gasteiger partial charge on any atom is -0.461 e. The minimum absolute atomic E-state index is 0.0121. The summed E-state index contributed by atoms with van der Waals surface area (Å²) in [5.41, 5.74) is 1.05. The number of nitrogens with one attached hydrogen (secondary N) is 2. The van der Waals surface area contributed by atoms with E-state index in [4.69, 9.17) is 15.9 Å². The minimum atomic E-state index is -0.534. The van der Waals surface area contributed by atoms with Gasteiger partial charge in [-0.05, 0) is 89.3 Å². The summed E-state index contributed by atoms with van der Waals surface area (Å²) < 4.78 is 12.7. The van der Waals surface area contributed by atoms with E-state index in [1.165, 1.54) is 11.8 Å². The van der Waals surface area contributed by atoms with Crippen LogP contribution in [0.2, 0.25) is 0 Å². The first-order valence-corrected chi connectivity index (χ1v) is 21.5. The Morgan fingerprint density at radius 2 is 1.78 bits per heavy atom. The number of likely N-dealkylation sites (tertiary alicyclic amines) is 1. The lowest BCUT2D eigenvalue weighted by Gasteiger charge is -2.30. The Labute approximate surface area is 346 Å². The van der Waals surface area contributed by atoms with Crippen LogP contribution in [0.15, 0.2) is 36.0 Å². The third kappa shape index (κ3) is 17.3. The number of rotatable bonds is 26. The van der Waals surface area contributed by atoms with Crippen molar-refractivity contribution in [2.45, 2.75) is 148 Å². The second-order valence-electron chi connectivity index (χ2n) is 16.1. The molecule has 318 valence electrons. The van der Waals surface area contributed by atoms with Crippen LogP contribution in [0.3, 0.4) is 0 Å². The monoisotopic (exact) mass is 801 g/mol. The second kappa shape index (κ2) is 27.4. The Morgan fingerprint density at radius 3 is 2.50 bits per heavy atom. The number of esters is 1. The van der Waals surface area contributed by atoms with Gasteiger partial charge in [-0.2, -0.15) is 0 Å². The molecule has 3 aliphatic rings. The first-order valence-electron chi connectivity index (χ1n) is 21.5. The number of allylic oxidation sites excluding steroid dienone is 4. The average molecular weight is 802 g/mol. The molecule has 2 aliphatic carbocycles. The largest absolute Gasteiger partial charge is 0.461 e. The molecule has 1 aliphatic heterocycles. The van der Waals surface area contributed by atoms with Crippen LogP contribution in [-0.4, -0.2) is 85.2 Å². The van der Waals surface area contributed by atoms with Crippen LogP contribution in [0.4, 0.5) is 0 Å². The van der Waals surface area contributed by atoms with Crippen LogP contribution in [0.5, 0.6) is 0 Å². The number of hydrogen-bond donors (Lipinski definition) is 2. The molecule has 0 bridgehead atoms. The summed E-state index contributed by atoms with van der Waals surface area (Å²) in [6.07, 6.45) is 27.2. The molecular formula is C47H67N3O8. The quantitative estimate of drug-likeness (QED) is 0.0194. The molecule has 2 saturated carbocycles. The van der Waals surface area contributed by atoms with E-state index in [0.29, 0.717) is 57.7 Å². The van der Waals surface area contributed by atoms with Crippen LogP contribution in [0.1, 0.15) is 130 Å². The van der Waals surface area contributed by atoms with Gasteiger partial charge in [0.1, 0.15) is 18.2 Å². The molecule has 2 N–H and O–H groups in total. The fourth-order valence-corrected chi connectivity index (χ4v) is 7.92. The number of Topliss-reactive ketones (excluding diaryl/α,β-unsaturated/α-hetero) is 1. The number of carbonyl (C=O) groups excluding carboxylic acids is 6. The highest BCUT2D eigenvalue weighted by atomic mass is 16.5. The van der Waals surface area contributed by atoms with E-state index < -0.39 is 17.9 Å². The zero-order chi connectivity index (χ0) is 42.1. The first kappa shape index (κ1) is 48.1. The zero-order valence-electron chi connectivity index (χ0n) is 35.1. The van der Waals surface area contributed by atoms with Crippen molar-refractivity contribution in [1.82, 2.24) is 15.5 Å². The van der Waals surface area contributed by atoms with Crippen molar-refractivity contribution >= 4 is 35.8 Å². The standard InChI is InChI=1S/C47H67N3O8/c1-5-7-11-21-37(22-14-17-30-51)34-57-39-31-38(23-18-20-35(3)19-8-6-2)43(32-39)58-47(56)41-25-13-12-24-40(41)45(54)49-28-16-10-9-15-27-48-42-33-44(53)50(46(42)55)29-26-36(4)52/h1,7,11,18,21,23,30,35,38-43,48H,9-10,12-17,19-20,22,24-29,31-34H2,2-4H3,(H,49,54)/b11-7-,23-18+,37-21-/t35?,38?,39-,40?,41?,42?,43-/m1/s1. The summed E-state index contributed by atoms with van der Waals surface area (Å²) in [4.78, 5) is 75.4. The van der Waals surface area contributed by atoms with E-state index >= 15 is 0 Å². The van der Waals surface area contributed by atoms with Gasteiger partial charge in [-0.25, -0.2) is 0 Å². The highest BCUT2D eigenvalue weighted by Gasteiger charge is 2.42. The van der Waals surface area contributed by atoms with Crippen molar-refractivity contribution in [2.24, 2.45) is 23.7 Å².